The number of esters is 1. The topological polar surface area (TPSA) is 75.7 Å². The Balaban J connectivity index is 1.59. The summed E-state index contributed by atoms with van der Waals surface area (Å²) in [7, 11) is 0. The zero-order valence-electron chi connectivity index (χ0n) is 16.1. The average molecular weight is 367 g/mol. The number of nitrogens with one attached hydrogen (secondary N) is 1. The molecule has 2 aliphatic rings. The Morgan fingerprint density at radius 3 is 2.31 bits per heavy atom. The summed E-state index contributed by atoms with van der Waals surface area (Å²) in [5.74, 6) is 0.563. The Labute approximate surface area is 157 Å². The van der Waals surface area contributed by atoms with Crippen LogP contribution in [-0.4, -0.2) is 48.4 Å². The van der Waals surface area contributed by atoms with Crippen molar-refractivity contribution < 1.29 is 19.1 Å². The predicted octanol–water partition coefficient (Wildman–Crippen LogP) is 2.80. The normalized spacial score (nSPS) is 19.2. The number of ether oxygens (including phenoxy) is 1. The first-order valence-corrected chi connectivity index (χ1v) is 10.3. The fourth-order valence-electron chi connectivity index (χ4n) is 3.98. The van der Waals surface area contributed by atoms with Gasteiger partial charge in [0, 0.05) is 32.0 Å². The Morgan fingerprint density at radius 1 is 0.962 bits per heavy atom. The first-order valence-electron chi connectivity index (χ1n) is 10.3. The highest BCUT2D eigenvalue weighted by Gasteiger charge is 2.24. The van der Waals surface area contributed by atoms with Crippen molar-refractivity contribution in [3.63, 3.8) is 0 Å². The lowest BCUT2D eigenvalue weighted by Gasteiger charge is -2.33. The minimum Gasteiger partial charge on any atom is -0.466 e. The molecule has 1 N–H and O–H groups in total. The minimum atomic E-state index is -0.332. The van der Waals surface area contributed by atoms with Gasteiger partial charge in [-0.3, -0.25) is 14.4 Å². The molecular formula is C20H34N2O4. The summed E-state index contributed by atoms with van der Waals surface area (Å²) in [6, 6.07) is 0.104. The maximum absolute atomic E-state index is 12.4. The summed E-state index contributed by atoms with van der Waals surface area (Å²) in [4.78, 5) is 37.5. The van der Waals surface area contributed by atoms with Crippen LogP contribution in [0.15, 0.2) is 0 Å². The lowest BCUT2D eigenvalue weighted by atomic mass is 9.86. The lowest BCUT2D eigenvalue weighted by Crippen LogP contribution is -2.46. The van der Waals surface area contributed by atoms with Gasteiger partial charge in [0.25, 0.3) is 0 Å². The van der Waals surface area contributed by atoms with E-state index in [2.05, 4.69) is 5.32 Å². The Hall–Kier alpha value is -1.59. The molecule has 0 aromatic heterocycles. The van der Waals surface area contributed by atoms with Crippen LogP contribution in [0.1, 0.15) is 77.6 Å². The van der Waals surface area contributed by atoms with Crippen LogP contribution in [0.4, 0.5) is 0 Å². The molecule has 2 rings (SSSR count). The van der Waals surface area contributed by atoms with Crippen molar-refractivity contribution in [1.82, 2.24) is 10.2 Å². The highest BCUT2D eigenvalue weighted by Crippen LogP contribution is 2.27. The van der Waals surface area contributed by atoms with Crippen LogP contribution in [0.3, 0.4) is 0 Å². The van der Waals surface area contributed by atoms with E-state index >= 15 is 0 Å². The summed E-state index contributed by atoms with van der Waals surface area (Å²) in [6.07, 6.45) is 10.1. The third-order valence-electron chi connectivity index (χ3n) is 5.57. The van der Waals surface area contributed by atoms with Crippen LogP contribution in [0, 0.1) is 5.92 Å². The van der Waals surface area contributed by atoms with Crippen molar-refractivity contribution in [2.45, 2.75) is 83.6 Å². The molecular weight excluding hydrogens is 332 g/mol. The van der Waals surface area contributed by atoms with E-state index < -0.39 is 0 Å². The number of piperidine rings is 1. The molecule has 6 nitrogen and oxygen atoms in total. The standard InChI is InChI=1S/C20H34N2O4/c1-2-26-20(25)11-9-18(23)21-17-12-14-22(15-13-17)19(24)10-8-16-6-4-3-5-7-16/h16-17H,2-15H2,1H3,(H,21,23). The van der Waals surface area contributed by atoms with E-state index in [4.69, 9.17) is 4.74 Å². The van der Waals surface area contributed by atoms with Crippen molar-refractivity contribution in [3.05, 3.63) is 0 Å². The molecule has 0 aromatic carbocycles. The van der Waals surface area contributed by atoms with Gasteiger partial charge >= 0.3 is 5.97 Å². The van der Waals surface area contributed by atoms with E-state index in [-0.39, 0.29) is 36.7 Å². The fraction of sp³-hybridized carbons (Fsp3) is 0.850. The van der Waals surface area contributed by atoms with Crippen LogP contribution < -0.4 is 5.32 Å². The highest BCUT2D eigenvalue weighted by atomic mass is 16.5. The number of hydrogen-bond acceptors (Lipinski definition) is 4. The summed E-state index contributed by atoms with van der Waals surface area (Å²) in [5, 5.41) is 2.97. The Bertz CT molecular complexity index is 466. The van der Waals surface area contributed by atoms with E-state index in [0.29, 0.717) is 26.1 Å². The SMILES string of the molecule is CCOC(=O)CCC(=O)NC1CCN(C(=O)CCC2CCCCC2)CC1. The van der Waals surface area contributed by atoms with Gasteiger partial charge in [0.15, 0.2) is 0 Å². The third-order valence-corrected chi connectivity index (χ3v) is 5.57. The van der Waals surface area contributed by atoms with E-state index in [0.717, 1.165) is 25.2 Å². The first kappa shape index (κ1) is 20.7. The number of rotatable bonds is 8. The van der Waals surface area contributed by atoms with Gasteiger partial charge in [0.1, 0.15) is 0 Å². The minimum absolute atomic E-state index is 0.104. The Morgan fingerprint density at radius 2 is 1.65 bits per heavy atom. The molecule has 0 radical (unpaired) electrons. The van der Waals surface area contributed by atoms with Crippen molar-refractivity contribution >= 4 is 17.8 Å². The number of nitrogens with zero attached hydrogens (tertiary/aromatic N) is 1. The van der Waals surface area contributed by atoms with Crippen molar-refractivity contribution in [1.29, 1.82) is 0 Å². The molecule has 2 fully saturated rings. The number of carbonyl (C=O) groups excluding carboxylic acids is 3. The van der Waals surface area contributed by atoms with E-state index in [1.54, 1.807) is 6.92 Å². The average Bonchev–Trinajstić information content (AvgIpc) is 2.66. The van der Waals surface area contributed by atoms with Gasteiger partial charge in [-0.15, -0.1) is 0 Å². The first-order chi connectivity index (χ1) is 12.6. The second kappa shape index (κ2) is 11.2. The molecule has 6 heteroatoms. The number of hydrogen-bond donors (Lipinski definition) is 1. The van der Waals surface area contributed by atoms with Crippen LogP contribution >= 0.6 is 0 Å². The molecule has 0 atom stereocenters. The van der Waals surface area contributed by atoms with Gasteiger partial charge in [0.2, 0.25) is 11.8 Å². The summed E-state index contributed by atoms with van der Waals surface area (Å²) >= 11 is 0. The second-order valence-corrected chi connectivity index (χ2v) is 7.57. The number of likely N-dealkylation sites (tertiary alicyclic amines) is 1. The summed E-state index contributed by atoms with van der Waals surface area (Å²) in [6.45, 7) is 3.52. The zero-order chi connectivity index (χ0) is 18.8. The third kappa shape index (κ3) is 7.34. The van der Waals surface area contributed by atoms with Crippen molar-refractivity contribution in [2.24, 2.45) is 5.92 Å². The molecule has 1 aliphatic heterocycles. The summed E-state index contributed by atoms with van der Waals surface area (Å²) < 4.78 is 4.83. The fourth-order valence-corrected chi connectivity index (χ4v) is 3.98. The highest BCUT2D eigenvalue weighted by molar-refractivity contribution is 5.81. The molecule has 1 heterocycles. The zero-order valence-corrected chi connectivity index (χ0v) is 16.1. The van der Waals surface area contributed by atoms with Crippen LogP contribution in [0.25, 0.3) is 0 Å². The second-order valence-electron chi connectivity index (χ2n) is 7.57. The summed E-state index contributed by atoms with van der Waals surface area (Å²) in [5.41, 5.74) is 0. The smallest absolute Gasteiger partial charge is 0.306 e. The monoisotopic (exact) mass is 366 g/mol. The quantitative estimate of drug-likeness (QED) is 0.670. The van der Waals surface area contributed by atoms with E-state index in [1.165, 1.54) is 32.1 Å². The maximum atomic E-state index is 12.4. The van der Waals surface area contributed by atoms with Crippen LogP contribution in [0.5, 0.6) is 0 Å². The van der Waals surface area contributed by atoms with Crippen molar-refractivity contribution in [2.75, 3.05) is 19.7 Å². The molecule has 1 saturated heterocycles. The molecule has 0 spiro atoms. The largest absolute Gasteiger partial charge is 0.466 e. The van der Waals surface area contributed by atoms with Gasteiger partial charge in [0.05, 0.1) is 13.0 Å². The molecule has 0 bridgehead atoms. The number of carbonyl (C=O) groups is 3. The molecule has 148 valence electrons. The van der Waals surface area contributed by atoms with Crippen molar-refractivity contribution in [3.8, 4) is 0 Å². The van der Waals surface area contributed by atoms with E-state index in [1.807, 2.05) is 4.90 Å². The molecule has 0 aromatic rings. The number of amides is 2. The van der Waals surface area contributed by atoms with Gasteiger partial charge in [-0.05, 0) is 32.1 Å². The van der Waals surface area contributed by atoms with Crippen LogP contribution in [0.2, 0.25) is 0 Å². The molecule has 1 saturated carbocycles. The molecule has 26 heavy (non-hydrogen) atoms. The van der Waals surface area contributed by atoms with Gasteiger partial charge < -0.3 is 15.0 Å². The maximum Gasteiger partial charge on any atom is 0.306 e. The predicted molar refractivity (Wildman–Crippen MR) is 99.4 cm³/mol. The molecule has 0 unspecified atom stereocenters. The molecule has 2 amide bonds. The van der Waals surface area contributed by atoms with Gasteiger partial charge in [-0.2, -0.15) is 0 Å². The molecule has 1 aliphatic carbocycles. The Kier molecular flexibility index (Phi) is 8.92. The van der Waals surface area contributed by atoms with Crippen LogP contribution in [-0.2, 0) is 19.1 Å². The lowest BCUT2D eigenvalue weighted by molar-refractivity contribution is -0.144. The van der Waals surface area contributed by atoms with Gasteiger partial charge in [-0.25, -0.2) is 0 Å². The van der Waals surface area contributed by atoms with Gasteiger partial charge in [-0.1, -0.05) is 32.1 Å². The van der Waals surface area contributed by atoms with E-state index in [9.17, 15) is 14.4 Å².